The predicted octanol–water partition coefficient (Wildman–Crippen LogP) is 7.73. The summed E-state index contributed by atoms with van der Waals surface area (Å²) >= 11 is 0. The molecule has 1 aliphatic heterocycles. The zero-order chi connectivity index (χ0) is 37.2. The second kappa shape index (κ2) is 17.9. The van der Waals surface area contributed by atoms with Gasteiger partial charge in [-0.2, -0.15) is 4.68 Å². The lowest BCUT2D eigenvalue weighted by Crippen LogP contribution is -2.43. The molecule has 272 valence electrons. The Morgan fingerprint density at radius 1 is 1.10 bits per heavy atom. The van der Waals surface area contributed by atoms with Crippen LogP contribution < -0.4 is 25.6 Å². The van der Waals surface area contributed by atoms with Gasteiger partial charge in [-0.25, -0.2) is 13.6 Å². The molecule has 0 unspecified atom stereocenters. The monoisotopic (exact) mass is 694 g/mol. The Balaban J connectivity index is 0.00000217. The minimum absolute atomic E-state index is 0.0399. The molecule has 3 N–H and O–H groups in total. The van der Waals surface area contributed by atoms with Gasteiger partial charge < -0.3 is 30.3 Å². The van der Waals surface area contributed by atoms with Crippen LogP contribution in [-0.2, 0) is 11.3 Å². The first-order valence-corrected chi connectivity index (χ1v) is 17.0. The summed E-state index contributed by atoms with van der Waals surface area (Å²) in [6, 6.07) is 8.00. The number of amides is 1. The van der Waals surface area contributed by atoms with E-state index in [1.54, 1.807) is 32.9 Å². The molecular formula is C38H52F2N6O4. The predicted molar refractivity (Wildman–Crippen MR) is 198 cm³/mol. The minimum Gasteiger partial charge on any atom is -0.496 e. The van der Waals surface area contributed by atoms with Crippen molar-refractivity contribution in [2.75, 3.05) is 43.5 Å². The van der Waals surface area contributed by atoms with Gasteiger partial charge in [0.2, 0.25) is 0 Å². The largest absolute Gasteiger partial charge is 0.496 e. The summed E-state index contributed by atoms with van der Waals surface area (Å²) in [7, 11) is 1.48. The van der Waals surface area contributed by atoms with E-state index in [0.29, 0.717) is 17.9 Å². The first-order chi connectivity index (χ1) is 23.6. The number of piperazine rings is 1. The average Bonchev–Trinajstić information content (AvgIpc) is 3.39. The smallest absolute Gasteiger partial charge is 0.435 e. The Morgan fingerprint density at radius 2 is 1.72 bits per heavy atom. The Hall–Kier alpha value is -4.55. The van der Waals surface area contributed by atoms with E-state index in [-0.39, 0.29) is 39.8 Å². The van der Waals surface area contributed by atoms with Crippen molar-refractivity contribution < 1.29 is 27.8 Å². The maximum absolute atomic E-state index is 15.4. The van der Waals surface area contributed by atoms with E-state index in [0.717, 1.165) is 36.5 Å². The van der Waals surface area contributed by atoms with Gasteiger partial charge in [0.25, 0.3) is 5.91 Å². The number of carbonyl (C=O) groups excluding carboxylic acids is 2. The highest BCUT2D eigenvalue weighted by molar-refractivity contribution is 6.07. The van der Waals surface area contributed by atoms with Crippen LogP contribution in [0.5, 0.6) is 5.75 Å². The molecule has 2 aromatic carbocycles. The van der Waals surface area contributed by atoms with Crippen molar-refractivity contribution in [1.82, 2.24) is 20.4 Å². The van der Waals surface area contributed by atoms with Gasteiger partial charge in [-0.3, -0.25) is 4.79 Å². The van der Waals surface area contributed by atoms with Crippen molar-refractivity contribution in [3.8, 4) is 5.75 Å². The third-order valence-electron chi connectivity index (χ3n) is 7.43. The molecule has 1 saturated heterocycles. The highest BCUT2D eigenvalue weighted by atomic mass is 19.1. The highest BCUT2D eigenvalue weighted by Gasteiger charge is 2.27. The zero-order valence-electron chi connectivity index (χ0n) is 30.8. The molecule has 12 heteroatoms. The van der Waals surface area contributed by atoms with E-state index < -0.39 is 29.2 Å². The second-order valence-corrected chi connectivity index (χ2v) is 13.3. The number of rotatable bonds is 10. The number of anilines is 2. The van der Waals surface area contributed by atoms with Crippen molar-refractivity contribution in [3.63, 3.8) is 0 Å². The number of hydrogen-bond donors (Lipinski definition) is 3. The number of nitrogens with zero attached hydrogens (tertiary/aromatic N) is 3. The topological polar surface area (TPSA) is 110 Å². The molecule has 1 aromatic heterocycles. The van der Waals surface area contributed by atoms with E-state index in [9.17, 15) is 9.59 Å². The molecule has 0 atom stereocenters. The number of allylic oxidation sites excluding steroid dienone is 1. The summed E-state index contributed by atoms with van der Waals surface area (Å²) in [5.41, 5.74) is 1.06. The number of methoxy groups -OCH3 is 1. The normalized spacial score (nSPS) is 13.4. The van der Waals surface area contributed by atoms with Gasteiger partial charge in [0.15, 0.2) is 5.82 Å². The lowest BCUT2D eigenvalue weighted by molar-refractivity contribution is 0.0513. The van der Waals surface area contributed by atoms with Gasteiger partial charge in [0.1, 0.15) is 23.0 Å². The summed E-state index contributed by atoms with van der Waals surface area (Å²) in [6.07, 6.45) is 3.25. The van der Waals surface area contributed by atoms with E-state index in [2.05, 4.69) is 46.4 Å². The summed E-state index contributed by atoms with van der Waals surface area (Å²) in [4.78, 5) is 29.1. The van der Waals surface area contributed by atoms with Gasteiger partial charge in [-0.1, -0.05) is 40.7 Å². The summed E-state index contributed by atoms with van der Waals surface area (Å²) in [5.74, 6) is -1.76. The maximum Gasteiger partial charge on any atom is 0.435 e. The quantitative estimate of drug-likeness (QED) is 0.198. The number of benzene rings is 2. The Kier molecular flexibility index (Phi) is 14.3. The molecule has 1 amide bonds. The molecule has 0 aliphatic carbocycles. The van der Waals surface area contributed by atoms with Crippen LogP contribution >= 0.6 is 0 Å². The van der Waals surface area contributed by atoms with Crippen molar-refractivity contribution in [2.24, 2.45) is 0 Å². The van der Waals surface area contributed by atoms with Crippen LogP contribution in [0.25, 0.3) is 17.7 Å². The van der Waals surface area contributed by atoms with E-state index in [1.165, 1.54) is 44.7 Å². The molecule has 1 aliphatic rings. The molecule has 10 nitrogen and oxygen atoms in total. The molecule has 50 heavy (non-hydrogen) atoms. The van der Waals surface area contributed by atoms with Crippen LogP contribution in [0.4, 0.5) is 25.1 Å². The van der Waals surface area contributed by atoms with E-state index in [4.69, 9.17) is 9.47 Å². The van der Waals surface area contributed by atoms with Gasteiger partial charge in [0, 0.05) is 61.6 Å². The van der Waals surface area contributed by atoms with E-state index in [1.807, 2.05) is 19.9 Å². The fourth-order valence-electron chi connectivity index (χ4n) is 5.20. The van der Waals surface area contributed by atoms with Crippen molar-refractivity contribution in [2.45, 2.75) is 80.0 Å². The number of halogens is 2. The Morgan fingerprint density at radius 3 is 2.26 bits per heavy atom. The first-order valence-electron chi connectivity index (χ1n) is 17.0. The lowest BCUT2D eigenvalue weighted by Gasteiger charge is -2.29. The van der Waals surface area contributed by atoms with E-state index >= 15 is 8.78 Å². The number of aromatic nitrogens is 2. The number of ether oxygens (including phenoxy) is 2. The third-order valence-corrected chi connectivity index (χ3v) is 7.43. The van der Waals surface area contributed by atoms with Crippen LogP contribution in [0.3, 0.4) is 0 Å². The molecule has 0 spiro atoms. The second-order valence-electron chi connectivity index (χ2n) is 13.3. The number of hydrogen-bond acceptors (Lipinski definition) is 8. The zero-order valence-corrected chi connectivity index (χ0v) is 30.8. The number of carbonyl (C=O) groups is 2. The van der Waals surface area contributed by atoms with Crippen LogP contribution in [0.15, 0.2) is 36.9 Å². The SMILES string of the molecule is C=Cc1c(/C=C(\C)c2c(F)cc(CNC(C)C)cc2F)c(NC(=O)c2ccc(N3CCNCC3)cc2OC)nn1C(=O)OC(C)(C)C.CCC. The lowest BCUT2D eigenvalue weighted by atomic mass is 10.0. The maximum atomic E-state index is 15.4. The summed E-state index contributed by atoms with van der Waals surface area (Å²) < 4.78 is 42.8. The average molecular weight is 695 g/mol. The van der Waals surface area contributed by atoms with Gasteiger partial charge in [-0.15, -0.1) is 5.10 Å². The molecule has 0 radical (unpaired) electrons. The van der Waals surface area contributed by atoms with Crippen molar-refractivity contribution in [1.29, 1.82) is 0 Å². The summed E-state index contributed by atoms with van der Waals surface area (Å²) in [6.45, 7) is 22.2. The van der Waals surface area contributed by atoms with Crippen LogP contribution in [0.1, 0.15) is 94.6 Å². The molecule has 3 aromatic rings. The molecule has 1 fully saturated rings. The molecule has 4 rings (SSSR count). The Bertz CT molecular complexity index is 1660. The van der Waals surface area contributed by atoms with Gasteiger partial charge in [0.05, 0.1) is 18.4 Å². The first kappa shape index (κ1) is 39.9. The molecule has 0 bridgehead atoms. The van der Waals surface area contributed by atoms with Crippen LogP contribution in [-0.4, -0.2) is 66.7 Å². The van der Waals surface area contributed by atoms with Crippen LogP contribution in [0.2, 0.25) is 0 Å². The van der Waals surface area contributed by atoms with Crippen LogP contribution in [0, 0.1) is 11.6 Å². The van der Waals surface area contributed by atoms with Gasteiger partial charge in [-0.05, 0) is 75.2 Å². The Labute approximate surface area is 294 Å². The highest BCUT2D eigenvalue weighted by Crippen LogP contribution is 2.32. The number of nitrogens with one attached hydrogen (secondary N) is 3. The van der Waals surface area contributed by atoms with Crippen molar-refractivity contribution >= 4 is 41.2 Å². The fraction of sp³-hybridized carbons (Fsp3) is 0.447. The third kappa shape index (κ3) is 10.5. The van der Waals surface area contributed by atoms with Crippen molar-refractivity contribution in [3.05, 3.63) is 76.5 Å². The molecule has 2 heterocycles. The minimum atomic E-state index is -0.852. The molecule has 0 saturated carbocycles. The summed E-state index contributed by atoms with van der Waals surface area (Å²) in [5, 5.41) is 13.6. The standard InChI is InChI=1S/C35H44F2N6O4.C3H8/c1-9-29-26(16-22(4)31-27(36)17-23(18-28(31)37)20-39-21(2)3)32(41-43(29)34(45)47-35(5,6)7)40-33(44)25-11-10-24(19-30(25)46-8)42-14-12-38-13-15-42;1-3-2/h9-11,16-19,21,38-39H,1,12-15,20H2,2-8H3,(H,40,41,44);3H2,1-2H3/b22-16+;. The van der Waals surface area contributed by atoms with Gasteiger partial charge >= 0.3 is 6.09 Å². The molecular weight excluding hydrogens is 642 g/mol. The fourth-order valence-corrected chi connectivity index (χ4v) is 5.20.